The lowest BCUT2D eigenvalue weighted by molar-refractivity contribution is 0.483. The van der Waals surface area contributed by atoms with Crippen LogP contribution in [0.1, 0.15) is 33.9 Å². The van der Waals surface area contributed by atoms with Crippen LogP contribution in [0.2, 0.25) is 0 Å². The summed E-state index contributed by atoms with van der Waals surface area (Å²) in [4.78, 5) is 27.7. The molecule has 61 heavy (non-hydrogen) atoms. The maximum Gasteiger partial charge on any atom is 0.294 e. The molecule has 2 heterocycles. The van der Waals surface area contributed by atoms with Crippen LogP contribution in [0.25, 0.3) is 0 Å². The first kappa shape index (κ1) is 40.2. The fourth-order valence-electron chi connectivity index (χ4n) is 6.50. The third kappa shape index (κ3) is 11.8. The minimum absolute atomic E-state index is 0.235. The van der Waals surface area contributed by atoms with E-state index in [0.717, 1.165) is 35.5 Å². The van der Waals surface area contributed by atoms with Gasteiger partial charge in [-0.15, -0.1) is 0 Å². The molecule has 304 valence electrons. The molecular weight excluding hydrogens is 785 g/mol. The molecule has 0 bridgehead atoms. The van der Waals surface area contributed by atoms with Gasteiger partial charge < -0.3 is 21.3 Å². The Morgan fingerprint density at radius 1 is 0.377 bits per heavy atom. The molecule has 0 unspecified atom stereocenters. The minimum atomic E-state index is -4.38. The second-order valence-electron chi connectivity index (χ2n) is 14.2. The Morgan fingerprint density at radius 2 is 0.721 bits per heavy atom. The number of rotatable bonds is 17. The summed E-state index contributed by atoms with van der Waals surface area (Å²) in [5.74, 6) is 2.79. The lowest BCUT2D eigenvalue weighted by Gasteiger charge is -2.11. The first-order valence-corrected chi connectivity index (χ1v) is 21.2. The summed E-state index contributed by atoms with van der Waals surface area (Å²) in [7, 11) is -4.38. The highest BCUT2D eigenvalue weighted by Gasteiger charge is 2.13. The molecular formula is C47H42N10O3S. The number of hydrogen-bond acceptors (Lipinski definition) is 12. The van der Waals surface area contributed by atoms with Gasteiger partial charge in [-0.05, 0) is 96.1 Å². The number of hydrogen-bond donors (Lipinski definition) is 5. The molecule has 0 saturated heterocycles. The highest BCUT2D eigenvalue weighted by molar-refractivity contribution is 7.85. The number of nitrogens with one attached hydrogen (secondary N) is 4. The Morgan fingerprint density at radius 3 is 1.10 bits per heavy atom. The van der Waals surface area contributed by atoms with Gasteiger partial charge in [0.05, 0.1) is 4.90 Å². The van der Waals surface area contributed by atoms with E-state index >= 15 is 0 Å². The molecule has 0 radical (unpaired) electrons. The van der Waals surface area contributed by atoms with Gasteiger partial charge in [0.25, 0.3) is 10.1 Å². The number of aromatic nitrogens is 6. The van der Waals surface area contributed by atoms with E-state index in [0.29, 0.717) is 54.4 Å². The van der Waals surface area contributed by atoms with Crippen molar-refractivity contribution in [1.29, 1.82) is 0 Å². The zero-order chi connectivity index (χ0) is 41.9. The minimum Gasteiger partial charge on any atom is -0.324 e. The summed E-state index contributed by atoms with van der Waals surface area (Å²) < 4.78 is 33.0. The van der Waals surface area contributed by atoms with Gasteiger partial charge >= 0.3 is 0 Å². The van der Waals surface area contributed by atoms with Gasteiger partial charge in [0.2, 0.25) is 23.8 Å². The predicted molar refractivity (Wildman–Crippen MR) is 239 cm³/mol. The summed E-state index contributed by atoms with van der Waals surface area (Å²) in [6.45, 7) is 0. The molecule has 0 fully saturated rings. The Balaban J connectivity index is 0.888. The second kappa shape index (κ2) is 19.0. The highest BCUT2D eigenvalue weighted by atomic mass is 32.2. The van der Waals surface area contributed by atoms with Gasteiger partial charge in [-0.1, -0.05) is 109 Å². The fourth-order valence-corrected chi connectivity index (χ4v) is 7.02. The average molecular weight is 827 g/mol. The molecule has 8 aromatic rings. The van der Waals surface area contributed by atoms with Crippen molar-refractivity contribution in [3.05, 3.63) is 198 Å². The number of nitrogens with zero attached hydrogens (tertiary/aromatic N) is 6. The molecule has 0 aliphatic carbocycles. The van der Waals surface area contributed by atoms with Crippen molar-refractivity contribution in [3.8, 4) is 0 Å². The van der Waals surface area contributed by atoms with Gasteiger partial charge in [0, 0.05) is 35.6 Å². The lowest BCUT2D eigenvalue weighted by Crippen LogP contribution is -2.09. The van der Waals surface area contributed by atoms with Crippen molar-refractivity contribution in [3.63, 3.8) is 0 Å². The molecule has 5 N–H and O–H groups in total. The van der Waals surface area contributed by atoms with E-state index in [1.165, 1.54) is 34.9 Å². The van der Waals surface area contributed by atoms with Gasteiger partial charge in [-0.2, -0.15) is 38.3 Å². The fraction of sp³-hybridized carbons (Fsp3) is 0.106. The topological polar surface area (TPSA) is 180 Å². The van der Waals surface area contributed by atoms with Gasteiger partial charge in [0.15, 0.2) is 0 Å². The Labute approximate surface area is 354 Å². The third-order valence-electron chi connectivity index (χ3n) is 9.57. The van der Waals surface area contributed by atoms with E-state index in [2.05, 4.69) is 89.7 Å². The first-order chi connectivity index (χ1) is 29.8. The second-order valence-corrected chi connectivity index (χ2v) is 15.6. The van der Waals surface area contributed by atoms with Crippen LogP contribution >= 0.6 is 0 Å². The molecule has 14 heteroatoms. The zero-order valence-corrected chi connectivity index (χ0v) is 33.8. The van der Waals surface area contributed by atoms with Crippen LogP contribution in [0.15, 0.2) is 169 Å². The van der Waals surface area contributed by atoms with Crippen LogP contribution < -0.4 is 21.3 Å². The van der Waals surface area contributed by atoms with E-state index in [-0.39, 0.29) is 10.8 Å². The van der Waals surface area contributed by atoms with Crippen molar-refractivity contribution in [2.75, 3.05) is 21.3 Å². The maximum atomic E-state index is 11.7. The maximum absolute atomic E-state index is 11.7. The molecule has 0 aliphatic heterocycles. The number of anilines is 8. The quantitative estimate of drug-likeness (QED) is 0.0549. The average Bonchev–Trinajstić information content (AvgIpc) is 3.27. The predicted octanol–water partition coefficient (Wildman–Crippen LogP) is 9.44. The molecule has 0 saturated carbocycles. The third-order valence-corrected chi connectivity index (χ3v) is 10.4. The van der Waals surface area contributed by atoms with Gasteiger partial charge in [-0.25, -0.2) is 0 Å². The lowest BCUT2D eigenvalue weighted by atomic mass is 10.00. The summed E-state index contributed by atoms with van der Waals surface area (Å²) in [5.41, 5.74) is 7.75. The van der Waals surface area contributed by atoms with Crippen LogP contribution in [0.4, 0.5) is 46.5 Å². The van der Waals surface area contributed by atoms with E-state index in [4.69, 9.17) is 9.97 Å². The normalized spacial score (nSPS) is 11.2. The van der Waals surface area contributed by atoms with E-state index in [1.54, 1.807) is 6.07 Å². The molecule has 6 aromatic carbocycles. The Hall–Kier alpha value is -7.55. The van der Waals surface area contributed by atoms with Crippen LogP contribution in [-0.2, 0) is 42.2 Å². The molecule has 8 rings (SSSR count). The van der Waals surface area contributed by atoms with E-state index in [1.807, 2.05) is 91.0 Å². The van der Waals surface area contributed by atoms with Gasteiger partial charge in [-0.3, -0.25) is 4.55 Å². The van der Waals surface area contributed by atoms with E-state index in [9.17, 15) is 13.0 Å². The monoisotopic (exact) mass is 826 g/mol. The zero-order valence-electron chi connectivity index (χ0n) is 33.0. The standard InChI is InChI=1S/C47H42N10O3S/c58-61(59,60)41-18-10-17-40(32-41)51-47-55-43(54-46(57-47)50-39-15-8-3-9-16-39)30-28-34-21-25-36(26-22-34)31-35-23-19-33(20-24-35)27-29-42-52-44(48-37-11-4-1-5-12-37)56-45(53-42)49-38-13-6-2-7-14-38/h1-26,32H,27-31H2,(H,58,59,60)(H2,48,49,52,53,56)(H2,50,51,54,55,57). The van der Waals surface area contributed by atoms with Crippen LogP contribution in [0.3, 0.4) is 0 Å². The van der Waals surface area contributed by atoms with Crippen LogP contribution in [0.5, 0.6) is 0 Å². The van der Waals surface area contributed by atoms with Crippen LogP contribution in [0, 0.1) is 0 Å². The number of para-hydroxylation sites is 3. The van der Waals surface area contributed by atoms with Crippen molar-refractivity contribution >= 4 is 56.7 Å². The van der Waals surface area contributed by atoms with Gasteiger partial charge in [0.1, 0.15) is 11.6 Å². The summed E-state index contributed by atoms with van der Waals surface area (Å²) in [5, 5.41) is 12.9. The summed E-state index contributed by atoms with van der Waals surface area (Å²) >= 11 is 0. The summed E-state index contributed by atoms with van der Waals surface area (Å²) in [6.07, 6.45) is 3.45. The number of benzene rings is 6. The van der Waals surface area contributed by atoms with Crippen molar-refractivity contribution in [1.82, 2.24) is 29.9 Å². The SMILES string of the molecule is O=S(=O)(O)c1cccc(Nc2nc(CCc3ccc(Cc4ccc(CCc5nc(Nc6ccccc6)nc(Nc6ccccc6)n5)cc4)cc3)nc(Nc3ccccc3)n2)c1. The Kier molecular flexibility index (Phi) is 12.5. The smallest absolute Gasteiger partial charge is 0.294 e. The van der Waals surface area contributed by atoms with Crippen LogP contribution in [-0.4, -0.2) is 42.9 Å². The number of aryl methyl sites for hydroxylation is 4. The molecule has 0 spiro atoms. The van der Waals surface area contributed by atoms with E-state index < -0.39 is 10.1 Å². The summed E-state index contributed by atoms with van der Waals surface area (Å²) in [6, 6.07) is 52.3. The van der Waals surface area contributed by atoms with Crippen molar-refractivity contribution < 1.29 is 13.0 Å². The molecule has 13 nitrogen and oxygen atoms in total. The molecule has 0 aliphatic rings. The van der Waals surface area contributed by atoms with Crippen molar-refractivity contribution in [2.24, 2.45) is 0 Å². The molecule has 0 amide bonds. The Bertz CT molecular complexity index is 2740. The molecule has 2 aromatic heterocycles. The highest BCUT2D eigenvalue weighted by Crippen LogP contribution is 2.22. The first-order valence-electron chi connectivity index (χ1n) is 19.7. The molecule has 0 atom stereocenters. The largest absolute Gasteiger partial charge is 0.324 e. The van der Waals surface area contributed by atoms with Crippen molar-refractivity contribution in [2.45, 2.75) is 37.0 Å².